The minimum absolute atomic E-state index is 0.275. The summed E-state index contributed by atoms with van der Waals surface area (Å²) in [5.41, 5.74) is 6.47. The molecule has 0 radical (unpaired) electrons. The molecule has 1 saturated carbocycles. The lowest BCUT2D eigenvalue weighted by molar-refractivity contribution is 0.00297. The van der Waals surface area contributed by atoms with Gasteiger partial charge in [-0.2, -0.15) is 0 Å². The Kier molecular flexibility index (Phi) is 5.27. The van der Waals surface area contributed by atoms with E-state index in [0.29, 0.717) is 0 Å². The summed E-state index contributed by atoms with van der Waals surface area (Å²) in [5.74, 6) is 0.931. The van der Waals surface area contributed by atoms with Gasteiger partial charge in [-0.25, -0.2) is 0 Å². The molecule has 0 unspecified atom stereocenters. The normalized spacial score (nSPS) is 32.7. The summed E-state index contributed by atoms with van der Waals surface area (Å²) in [5, 5.41) is 0. The maximum atomic E-state index is 6.20. The zero-order valence-electron chi connectivity index (χ0n) is 13.2. The third-order valence-electron chi connectivity index (χ3n) is 5.90. The molecule has 2 rings (SSSR count). The van der Waals surface area contributed by atoms with Gasteiger partial charge in [0.25, 0.3) is 0 Å². The van der Waals surface area contributed by atoms with Gasteiger partial charge in [-0.05, 0) is 71.1 Å². The first-order chi connectivity index (χ1) is 9.11. The Morgan fingerprint density at radius 1 is 1.16 bits per heavy atom. The summed E-state index contributed by atoms with van der Waals surface area (Å²) in [6.45, 7) is 9.12. The van der Waals surface area contributed by atoms with Crippen molar-refractivity contribution in [1.82, 2.24) is 9.80 Å². The molecule has 1 heterocycles. The monoisotopic (exact) mass is 267 g/mol. The first kappa shape index (κ1) is 15.3. The second kappa shape index (κ2) is 6.55. The Morgan fingerprint density at radius 3 is 2.21 bits per heavy atom. The Morgan fingerprint density at radius 2 is 1.74 bits per heavy atom. The molecule has 0 amide bonds. The summed E-state index contributed by atoms with van der Waals surface area (Å²) in [6.07, 6.45) is 8.04. The van der Waals surface area contributed by atoms with Crippen molar-refractivity contribution in [3.8, 4) is 0 Å². The Labute approximate surface area is 119 Å². The van der Waals surface area contributed by atoms with Crippen LogP contribution in [0, 0.1) is 5.92 Å². The molecule has 1 aliphatic heterocycles. The van der Waals surface area contributed by atoms with Crippen molar-refractivity contribution in [2.75, 3.05) is 33.2 Å². The number of piperidine rings is 1. The van der Waals surface area contributed by atoms with E-state index in [4.69, 9.17) is 5.73 Å². The number of likely N-dealkylation sites (N-methyl/N-ethyl adjacent to an activating group) is 1. The van der Waals surface area contributed by atoms with Gasteiger partial charge in [-0.3, -0.25) is 4.90 Å². The highest BCUT2D eigenvalue weighted by Crippen LogP contribution is 2.34. The zero-order chi connectivity index (χ0) is 13.9. The molecule has 0 spiro atoms. The molecule has 0 bridgehead atoms. The average Bonchev–Trinajstić information content (AvgIpc) is 2.47. The van der Waals surface area contributed by atoms with Crippen molar-refractivity contribution in [1.29, 1.82) is 0 Å². The fourth-order valence-corrected chi connectivity index (χ4v) is 4.00. The number of rotatable bonds is 4. The van der Waals surface area contributed by atoms with Crippen LogP contribution < -0.4 is 5.73 Å². The van der Waals surface area contributed by atoms with Crippen LogP contribution in [0.4, 0.5) is 0 Å². The van der Waals surface area contributed by atoms with Crippen LogP contribution >= 0.6 is 0 Å². The van der Waals surface area contributed by atoms with Crippen LogP contribution in [-0.4, -0.2) is 54.6 Å². The van der Waals surface area contributed by atoms with Crippen LogP contribution in [0.15, 0.2) is 0 Å². The van der Waals surface area contributed by atoms with Crippen LogP contribution in [0.2, 0.25) is 0 Å². The Balaban J connectivity index is 1.96. The number of hydrogen-bond donors (Lipinski definition) is 1. The van der Waals surface area contributed by atoms with E-state index in [-0.39, 0.29) is 5.54 Å². The van der Waals surface area contributed by atoms with E-state index in [1.54, 1.807) is 0 Å². The molecule has 112 valence electrons. The highest BCUT2D eigenvalue weighted by atomic mass is 15.2. The molecule has 19 heavy (non-hydrogen) atoms. The van der Waals surface area contributed by atoms with Gasteiger partial charge < -0.3 is 10.6 Å². The van der Waals surface area contributed by atoms with E-state index in [1.165, 1.54) is 58.2 Å². The third kappa shape index (κ3) is 3.32. The topological polar surface area (TPSA) is 32.5 Å². The SMILES string of the molecule is CCN1CCC(CN)(N(C)C2CCC(C)CC2)CC1. The molecule has 1 aliphatic carbocycles. The predicted molar refractivity (Wildman–Crippen MR) is 82.3 cm³/mol. The summed E-state index contributed by atoms with van der Waals surface area (Å²) >= 11 is 0. The largest absolute Gasteiger partial charge is 0.329 e. The van der Waals surface area contributed by atoms with E-state index in [1.807, 2.05) is 0 Å². The summed E-state index contributed by atoms with van der Waals surface area (Å²) in [6, 6.07) is 0.771. The van der Waals surface area contributed by atoms with Gasteiger partial charge in [0.1, 0.15) is 0 Å². The highest BCUT2D eigenvalue weighted by Gasteiger charge is 2.40. The van der Waals surface area contributed by atoms with Crippen LogP contribution in [-0.2, 0) is 0 Å². The lowest BCUT2D eigenvalue weighted by Gasteiger charge is -2.51. The Bertz CT molecular complexity index is 263. The van der Waals surface area contributed by atoms with Crippen molar-refractivity contribution in [3.63, 3.8) is 0 Å². The van der Waals surface area contributed by atoms with Crippen LogP contribution in [0.5, 0.6) is 0 Å². The fraction of sp³-hybridized carbons (Fsp3) is 1.00. The maximum Gasteiger partial charge on any atom is 0.0355 e. The van der Waals surface area contributed by atoms with Crippen LogP contribution in [0.3, 0.4) is 0 Å². The molecule has 2 fully saturated rings. The van der Waals surface area contributed by atoms with E-state index < -0.39 is 0 Å². The lowest BCUT2D eigenvalue weighted by atomic mass is 9.80. The molecule has 2 N–H and O–H groups in total. The maximum absolute atomic E-state index is 6.20. The molecule has 0 aromatic heterocycles. The smallest absolute Gasteiger partial charge is 0.0355 e. The second-order valence-corrected chi connectivity index (χ2v) is 6.89. The van der Waals surface area contributed by atoms with Crippen LogP contribution in [0.25, 0.3) is 0 Å². The van der Waals surface area contributed by atoms with Gasteiger partial charge >= 0.3 is 0 Å². The van der Waals surface area contributed by atoms with Crippen molar-refractivity contribution >= 4 is 0 Å². The molecule has 0 aromatic carbocycles. The van der Waals surface area contributed by atoms with Gasteiger partial charge in [0, 0.05) is 18.1 Å². The van der Waals surface area contributed by atoms with Crippen LogP contribution in [0.1, 0.15) is 52.4 Å². The molecule has 2 aliphatic rings. The highest BCUT2D eigenvalue weighted by molar-refractivity contribution is 4.98. The second-order valence-electron chi connectivity index (χ2n) is 6.89. The first-order valence-corrected chi connectivity index (χ1v) is 8.26. The van der Waals surface area contributed by atoms with Gasteiger partial charge in [-0.15, -0.1) is 0 Å². The predicted octanol–water partition coefficient (Wildman–Crippen LogP) is 2.31. The number of hydrogen-bond acceptors (Lipinski definition) is 3. The molecular formula is C16H33N3. The number of nitrogens with zero attached hydrogens (tertiary/aromatic N) is 2. The molecular weight excluding hydrogens is 234 g/mol. The van der Waals surface area contributed by atoms with Gasteiger partial charge in [0.2, 0.25) is 0 Å². The molecule has 0 aromatic rings. The third-order valence-corrected chi connectivity index (χ3v) is 5.90. The van der Waals surface area contributed by atoms with E-state index >= 15 is 0 Å². The van der Waals surface area contributed by atoms with Crippen molar-refractivity contribution in [2.24, 2.45) is 11.7 Å². The molecule has 3 nitrogen and oxygen atoms in total. The minimum Gasteiger partial charge on any atom is -0.329 e. The van der Waals surface area contributed by atoms with Crippen molar-refractivity contribution in [2.45, 2.75) is 64.0 Å². The average molecular weight is 267 g/mol. The van der Waals surface area contributed by atoms with Crippen molar-refractivity contribution < 1.29 is 0 Å². The standard InChI is InChI=1S/C16H33N3/c1-4-19-11-9-16(13-17,10-12-19)18(3)15-7-5-14(2)6-8-15/h14-15H,4-13,17H2,1-3H3. The zero-order valence-corrected chi connectivity index (χ0v) is 13.2. The quantitative estimate of drug-likeness (QED) is 0.848. The van der Waals surface area contributed by atoms with Gasteiger partial charge in [0.05, 0.1) is 0 Å². The van der Waals surface area contributed by atoms with Crippen molar-refractivity contribution in [3.05, 3.63) is 0 Å². The van der Waals surface area contributed by atoms with Gasteiger partial charge in [0.15, 0.2) is 0 Å². The number of nitrogens with two attached hydrogens (primary N) is 1. The van der Waals surface area contributed by atoms with E-state index in [0.717, 1.165) is 18.5 Å². The summed E-state index contributed by atoms with van der Waals surface area (Å²) in [7, 11) is 2.34. The molecule has 0 atom stereocenters. The number of likely N-dealkylation sites (tertiary alicyclic amines) is 1. The minimum atomic E-state index is 0.275. The van der Waals surface area contributed by atoms with E-state index in [2.05, 4.69) is 30.7 Å². The Hall–Kier alpha value is -0.120. The van der Waals surface area contributed by atoms with E-state index in [9.17, 15) is 0 Å². The molecule has 3 heteroatoms. The summed E-state index contributed by atoms with van der Waals surface area (Å²) < 4.78 is 0. The molecule has 1 saturated heterocycles. The lowest BCUT2D eigenvalue weighted by Crippen LogP contribution is -2.61. The fourth-order valence-electron chi connectivity index (χ4n) is 4.00. The van der Waals surface area contributed by atoms with Gasteiger partial charge in [-0.1, -0.05) is 13.8 Å². The summed E-state index contributed by atoms with van der Waals surface area (Å²) in [4.78, 5) is 5.23. The first-order valence-electron chi connectivity index (χ1n) is 8.26.